The summed E-state index contributed by atoms with van der Waals surface area (Å²) in [6.45, 7) is 3.77. The Bertz CT molecular complexity index is 400. The van der Waals surface area contributed by atoms with E-state index < -0.39 is 0 Å². The number of ether oxygens (including phenoxy) is 1. The van der Waals surface area contributed by atoms with Gasteiger partial charge in [-0.15, -0.1) is 12.4 Å². The van der Waals surface area contributed by atoms with Crippen LogP contribution in [0.5, 0.6) is 0 Å². The normalized spacial score (nSPS) is 22.5. The van der Waals surface area contributed by atoms with Crippen molar-refractivity contribution < 1.29 is 9.53 Å². The van der Waals surface area contributed by atoms with Crippen molar-refractivity contribution >= 4 is 18.5 Å². The maximum absolute atomic E-state index is 11.9. The number of hydrogen-bond donors (Lipinski definition) is 1. The van der Waals surface area contributed by atoms with Gasteiger partial charge in [0, 0.05) is 19.1 Å². The number of benzene rings is 1. The van der Waals surface area contributed by atoms with Crippen molar-refractivity contribution in [3.8, 4) is 0 Å². The molecule has 0 spiro atoms. The summed E-state index contributed by atoms with van der Waals surface area (Å²) in [5, 5.41) is 0. The van der Waals surface area contributed by atoms with Gasteiger partial charge in [-0.1, -0.05) is 37.3 Å². The number of nitrogens with two attached hydrogens (primary N) is 1. The lowest BCUT2D eigenvalue weighted by atomic mass is 9.95. The maximum atomic E-state index is 11.9. The highest BCUT2D eigenvalue weighted by atomic mass is 35.5. The van der Waals surface area contributed by atoms with E-state index in [0.717, 1.165) is 18.5 Å². The number of nitrogens with zero attached hydrogens (tertiary/aromatic N) is 1. The first-order valence-electron chi connectivity index (χ1n) is 6.38. The minimum absolute atomic E-state index is 0. The molecule has 0 unspecified atom stereocenters. The second-order valence-electron chi connectivity index (χ2n) is 4.92. The van der Waals surface area contributed by atoms with Crippen LogP contribution in [0.4, 0.5) is 4.79 Å². The van der Waals surface area contributed by atoms with E-state index in [2.05, 4.69) is 6.92 Å². The summed E-state index contributed by atoms with van der Waals surface area (Å²) in [6.07, 6.45) is 0.683. The lowest BCUT2D eigenvalue weighted by molar-refractivity contribution is 0.0787. The quantitative estimate of drug-likeness (QED) is 0.907. The molecular weight excluding hydrogens is 264 g/mol. The van der Waals surface area contributed by atoms with E-state index in [1.807, 2.05) is 30.3 Å². The van der Waals surface area contributed by atoms with Crippen molar-refractivity contribution in [2.24, 2.45) is 11.7 Å². The third-order valence-electron chi connectivity index (χ3n) is 3.48. The van der Waals surface area contributed by atoms with Crippen LogP contribution in [0.1, 0.15) is 18.9 Å². The molecule has 106 valence electrons. The van der Waals surface area contributed by atoms with E-state index in [4.69, 9.17) is 10.5 Å². The fourth-order valence-corrected chi connectivity index (χ4v) is 2.08. The van der Waals surface area contributed by atoms with Crippen molar-refractivity contribution in [2.75, 3.05) is 13.1 Å². The first-order valence-corrected chi connectivity index (χ1v) is 6.38. The number of amides is 1. The highest BCUT2D eigenvalue weighted by molar-refractivity contribution is 5.85. The monoisotopic (exact) mass is 284 g/mol. The van der Waals surface area contributed by atoms with Gasteiger partial charge in [-0.25, -0.2) is 4.79 Å². The summed E-state index contributed by atoms with van der Waals surface area (Å²) in [6, 6.07) is 9.75. The molecule has 1 aliphatic rings. The predicted molar refractivity (Wildman–Crippen MR) is 77.2 cm³/mol. The molecule has 1 aliphatic heterocycles. The molecule has 1 aromatic rings. The lowest BCUT2D eigenvalue weighted by Gasteiger charge is -2.34. The SMILES string of the molecule is C[C@@H]1CCN(C(=O)OCc2ccccc2)C[C@H]1N.Cl. The first-order chi connectivity index (χ1) is 8.66. The summed E-state index contributed by atoms with van der Waals surface area (Å²) in [5.74, 6) is 0.475. The van der Waals surface area contributed by atoms with Gasteiger partial charge in [0.05, 0.1) is 0 Å². The summed E-state index contributed by atoms with van der Waals surface area (Å²) in [4.78, 5) is 13.6. The summed E-state index contributed by atoms with van der Waals surface area (Å²) >= 11 is 0. The van der Waals surface area contributed by atoms with E-state index in [0.29, 0.717) is 19.1 Å². The van der Waals surface area contributed by atoms with E-state index in [9.17, 15) is 4.79 Å². The van der Waals surface area contributed by atoms with E-state index >= 15 is 0 Å². The maximum Gasteiger partial charge on any atom is 0.410 e. The zero-order chi connectivity index (χ0) is 13.0. The average molecular weight is 285 g/mol. The van der Waals surface area contributed by atoms with Crippen LogP contribution in [0.2, 0.25) is 0 Å². The fourth-order valence-electron chi connectivity index (χ4n) is 2.08. The molecule has 0 saturated carbocycles. The van der Waals surface area contributed by atoms with Gasteiger partial charge in [0.2, 0.25) is 0 Å². The molecule has 1 heterocycles. The molecule has 2 N–H and O–H groups in total. The first kappa shape index (κ1) is 15.8. The second kappa shape index (κ2) is 7.36. The molecule has 1 aromatic carbocycles. The Kier molecular flexibility index (Phi) is 6.12. The number of piperidine rings is 1. The number of halogens is 1. The van der Waals surface area contributed by atoms with Crippen LogP contribution in [-0.4, -0.2) is 30.1 Å². The molecule has 1 amide bonds. The number of likely N-dealkylation sites (tertiary alicyclic amines) is 1. The average Bonchev–Trinajstić information content (AvgIpc) is 2.40. The molecule has 2 atom stereocenters. The Morgan fingerprint density at radius 3 is 2.74 bits per heavy atom. The number of carbonyl (C=O) groups is 1. The Morgan fingerprint density at radius 1 is 1.42 bits per heavy atom. The van der Waals surface area contributed by atoms with Gasteiger partial charge in [0.15, 0.2) is 0 Å². The fraction of sp³-hybridized carbons (Fsp3) is 0.500. The molecule has 0 bridgehead atoms. The molecule has 1 fully saturated rings. The van der Waals surface area contributed by atoms with Crippen molar-refractivity contribution in [3.63, 3.8) is 0 Å². The van der Waals surface area contributed by atoms with E-state index in [1.54, 1.807) is 4.90 Å². The Morgan fingerprint density at radius 2 is 2.11 bits per heavy atom. The topological polar surface area (TPSA) is 55.6 Å². The van der Waals surface area contributed by atoms with Crippen molar-refractivity contribution in [2.45, 2.75) is 26.0 Å². The van der Waals surface area contributed by atoms with Crippen LogP contribution in [0.3, 0.4) is 0 Å². The van der Waals surface area contributed by atoms with Crippen LogP contribution in [0.15, 0.2) is 30.3 Å². The molecular formula is C14H21ClN2O2. The van der Waals surface area contributed by atoms with Crippen LogP contribution in [0, 0.1) is 5.92 Å². The lowest BCUT2D eigenvalue weighted by Crippen LogP contribution is -2.49. The van der Waals surface area contributed by atoms with Gasteiger partial charge in [0.1, 0.15) is 6.61 Å². The number of carbonyl (C=O) groups excluding carboxylic acids is 1. The van der Waals surface area contributed by atoms with Crippen LogP contribution in [0.25, 0.3) is 0 Å². The number of rotatable bonds is 2. The van der Waals surface area contributed by atoms with Gasteiger partial charge < -0.3 is 15.4 Å². The van der Waals surface area contributed by atoms with Crippen LogP contribution in [-0.2, 0) is 11.3 Å². The molecule has 19 heavy (non-hydrogen) atoms. The number of hydrogen-bond acceptors (Lipinski definition) is 3. The second-order valence-corrected chi connectivity index (χ2v) is 4.92. The highest BCUT2D eigenvalue weighted by Crippen LogP contribution is 2.16. The van der Waals surface area contributed by atoms with Crippen molar-refractivity contribution in [1.82, 2.24) is 4.90 Å². The van der Waals surface area contributed by atoms with Crippen molar-refractivity contribution in [3.05, 3.63) is 35.9 Å². The Hall–Kier alpha value is -1.26. The minimum atomic E-state index is -0.263. The van der Waals surface area contributed by atoms with Gasteiger partial charge in [-0.3, -0.25) is 0 Å². The summed E-state index contributed by atoms with van der Waals surface area (Å²) in [5.41, 5.74) is 6.96. The molecule has 0 radical (unpaired) electrons. The molecule has 4 nitrogen and oxygen atoms in total. The summed E-state index contributed by atoms with van der Waals surface area (Å²) in [7, 11) is 0. The third kappa shape index (κ3) is 4.40. The standard InChI is InChI=1S/C14H20N2O2.ClH/c1-11-7-8-16(9-13(11)15)14(17)18-10-12-5-3-2-4-6-12;/h2-6,11,13H,7-10,15H2,1H3;1H/t11-,13-;/m1./s1. The zero-order valence-electron chi connectivity index (χ0n) is 11.1. The highest BCUT2D eigenvalue weighted by Gasteiger charge is 2.27. The smallest absolute Gasteiger partial charge is 0.410 e. The minimum Gasteiger partial charge on any atom is -0.445 e. The molecule has 0 aliphatic carbocycles. The summed E-state index contributed by atoms with van der Waals surface area (Å²) < 4.78 is 5.28. The van der Waals surface area contributed by atoms with E-state index in [1.165, 1.54) is 0 Å². The van der Waals surface area contributed by atoms with E-state index in [-0.39, 0.29) is 24.5 Å². The van der Waals surface area contributed by atoms with Crippen molar-refractivity contribution in [1.29, 1.82) is 0 Å². The van der Waals surface area contributed by atoms with Gasteiger partial charge in [0.25, 0.3) is 0 Å². The molecule has 1 saturated heterocycles. The van der Waals surface area contributed by atoms with Crippen LogP contribution >= 0.6 is 12.4 Å². The zero-order valence-corrected chi connectivity index (χ0v) is 11.9. The molecule has 0 aromatic heterocycles. The van der Waals surface area contributed by atoms with Crippen LogP contribution < -0.4 is 5.73 Å². The third-order valence-corrected chi connectivity index (χ3v) is 3.48. The predicted octanol–water partition coefficient (Wildman–Crippen LogP) is 2.41. The molecule has 5 heteroatoms. The Balaban J connectivity index is 0.00000180. The van der Waals surface area contributed by atoms with Gasteiger partial charge in [-0.2, -0.15) is 0 Å². The van der Waals surface area contributed by atoms with Gasteiger partial charge >= 0.3 is 6.09 Å². The Labute approximate surface area is 120 Å². The molecule has 2 rings (SSSR count). The van der Waals surface area contributed by atoms with Gasteiger partial charge in [-0.05, 0) is 17.9 Å². The largest absolute Gasteiger partial charge is 0.445 e.